The van der Waals surface area contributed by atoms with E-state index in [1.165, 1.54) is 30.2 Å². The number of rotatable bonds is 11. The van der Waals surface area contributed by atoms with Crippen molar-refractivity contribution < 1.29 is 22.7 Å². The summed E-state index contributed by atoms with van der Waals surface area (Å²) in [4.78, 5) is 29.3. The first-order valence-corrected chi connectivity index (χ1v) is 15.9. The number of sulfonamides is 1. The largest absolute Gasteiger partial charge is 0.495 e. The molecule has 1 N–H and O–H groups in total. The molecule has 41 heavy (non-hydrogen) atoms. The van der Waals surface area contributed by atoms with E-state index in [1.54, 1.807) is 0 Å². The molecular weight excluding hydrogens is 630 g/mol. The highest BCUT2D eigenvalue weighted by molar-refractivity contribution is 9.10. The Bertz CT molecular complexity index is 1480. The average Bonchev–Trinajstić information content (AvgIpc) is 2.88. The number of hydrogen-bond acceptors (Lipinski definition) is 5. The van der Waals surface area contributed by atoms with Crippen molar-refractivity contribution in [2.75, 3.05) is 24.2 Å². The van der Waals surface area contributed by atoms with Crippen LogP contribution in [0.1, 0.15) is 31.9 Å². The quantitative estimate of drug-likeness (QED) is 0.295. The van der Waals surface area contributed by atoms with Crippen LogP contribution < -0.4 is 14.4 Å². The van der Waals surface area contributed by atoms with Crippen molar-refractivity contribution in [2.45, 2.75) is 45.3 Å². The highest BCUT2D eigenvalue weighted by atomic mass is 79.9. The first-order valence-electron chi connectivity index (χ1n) is 12.9. The van der Waals surface area contributed by atoms with Gasteiger partial charge in [-0.3, -0.25) is 13.9 Å². The van der Waals surface area contributed by atoms with E-state index in [2.05, 4.69) is 21.2 Å². The zero-order chi connectivity index (χ0) is 30.4. The summed E-state index contributed by atoms with van der Waals surface area (Å²) in [6.07, 6.45) is 1.25. The van der Waals surface area contributed by atoms with Gasteiger partial charge in [-0.15, -0.1) is 0 Å². The van der Waals surface area contributed by atoms with E-state index in [0.29, 0.717) is 5.75 Å². The normalized spacial score (nSPS) is 12.4. The lowest BCUT2D eigenvalue weighted by Crippen LogP contribution is -2.56. The first-order chi connectivity index (χ1) is 19.2. The van der Waals surface area contributed by atoms with Gasteiger partial charge in [-0.05, 0) is 62.2 Å². The lowest BCUT2D eigenvalue weighted by Gasteiger charge is -2.35. The fraction of sp³-hybridized carbons (Fsp3) is 0.333. The topological polar surface area (TPSA) is 96.0 Å². The molecule has 0 aromatic heterocycles. The summed E-state index contributed by atoms with van der Waals surface area (Å²) in [7, 11) is -2.47. The molecule has 8 nitrogen and oxygen atoms in total. The highest BCUT2D eigenvalue weighted by Crippen LogP contribution is 2.30. The molecule has 0 aliphatic heterocycles. The summed E-state index contributed by atoms with van der Waals surface area (Å²) in [5.74, 6) is -0.524. The Balaban J connectivity index is 2.09. The Hall–Kier alpha value is -3.08. The number of halogens is 2. The number of amides is 2. The molecule has 0 spiro atoms. The minimum Gasteiger partial charge on any atom is -0.495 e. The van der Waals surface area contributed by atoms with Crippen molar-refractivity contribution in [3.8, 4) is 5.75 Å². The van der Waals surface area contributed by atoms with Crippen LogP contribution in [0.4, 0.5) is 5.69 Å². The molecule has 0 saturated carbocycles. The lowest BCUT2D eigenvalue weighted by atomic mass is 10.0. The van der Waals surface area contributed by atoms with Gasteiger partial charge in [-0.1, -0.05) is 70.0 Å². The van der Waals surface area contributed by atoms with Gasteiger partial charge >= 0.3 is 0 Å². The number of carbonyl (C=O) groups is 2. The van der Waals surface area contributed by atoms with Gasteiger partial charge in [0.05, 0.1) is 24.1 Å². The minimum atomic E-state index is -3.92. The molecule has 1 unspecified atom stereocenters. The third-order valence-corrected chi connectivity index (χ3v) is 8.04. The van der Waals surface area contributed by atoms with Crippen LogP contribution in [0.2, 0.25) is 5.02 Å². The van der Waals surface area contributed by atoms with E-state index < -0.39 is 34.1 Å². The summed E-state index contributed by atoms with van der Waals surface area (Å²) >= 11 is 9.76. The van der Waals surface area contributed by atoms with Gasteiger partial charge in [-0.2, -0.15) is 0 Å². The summed E-state index contributed by atoms with van der Waals surface area (Å²) in [6.45, 7) is 5.13. The number of nitrogens with one attached hydrogen (secondary N) is 1. The summed E-state index contributed by atoms with van der Waals surface area (Å²) in [5.41, 5.74) is 1.27. The number of methoxy groups -OCH3 is 1. The molecule has 3 rings (SSSR count). The fourth-order valence-corrected chi connectivity index (χ4v) is 5.80. The maximum atomic E-state index is 14.1. The predicted molar refractivity (Wildman–Crippen MR) is 167 cm³/mol. The molecule has 3 aromatic carbocycles. The van der Waals surface area contributed by atoms with Crippen LogP contribution in [0.3, 0.4) is 0 Å². The zero-order valence-electron chi connectivity index (χ0n) is 23.7. The smallest absolute Gasteiger partial charge is 0.244 e. The van der Waals surface area contributed by atoms with Crippen LogP contribution in [0.25, 0.3) is 0 Å². The van der Waals surface area contributed by atoms with Crippen LogP contribution in [0.5, 0.6) is 5.75 Å². The highest BCUT2D eigenvalue weighted by Gasteiger charge is 2.34. The van der Waals surface area contributed by atoms with Crippen molar-refractivity contribution in [1.29, 1.82) is 0 Å². The van der Waals surface area contributed by atoms with Crippen LogP contribution in [0, 0.1) is 0 Å². The molecule has 220 valence electrons. The minimum absolute atomic E-state index is 0.0777. The molecule has 0 aliphatic rings. The summed E-state index contributed by atoms with van der Waals surface area (Å²) in [5, 5.41) is 3.20. The number of nitrogens with zero attached hydrogens (tertiary/aromatic N) is 2. The van der Waals surface area contributed by atoms with Crippen LogP contribution in [-0.2, 0) is 32.6 Å². The SMILES string of the molecule is COc1ccc(N(CC(=O)N(Cc2cccc(Br)c2)C(Cc2ccccc2)C(=O)NC(C)(C)C)S(C)(=O)=O)cc1Cl. The maximum absolute atomic E-state index is 14.1. The Labute approximate surface area is 255 Å². The molecule has 3 aromatic rings. The average molecular weight is 665 g/mol. The standard InChI is InChI=1S/C30H35BrClN3O5S/c1-30(2,3)33-29(37)26(17-21-10-7-6-8-11-21)34(19-22-12-9-13-23(31)16-22)28(36)20-35(41(5,38)39)24-14-15-27(40-4)25(32)18-24/h6-16,18,26H,17,19-20H2,1-5H3,(H,33,37). The van der Waals surface area contributed by atoms with E-state index in [1.807, 2.05) is 75.4 Å². The van der Waals surface area contributed by atoms with Crippen molar-refractivity contribution in [3.63, 3.8) is 0 Å². The van der Waals surface area contributed by atoms with Gasteiger partial charge in [-0.25, -0.2) is 8.42 Å². The van der Waals surface area contributed by atoms with E-state index in [4.69, 9.17) is 16.3 Å². The summed E-state index contributed by atoms with van der Waals surface area (Å²) < 4.78 is 32.9. The van der Waals surface area contributed by atoms with Crippen LogP contribution >= 0.6 is 27.5 Å². The Morgan fingerprint density at radius 2 is 1.66 bits per heavy atom. The number of hydrogen-bond donors (Lipinski definition) is 1. The number of benzene rings is 3. The van der Waals surface area contributed by atoms with Gasteiger partial charge in [0.15, 0.2) is 0 Å². The second-order valence-corrected chi connectivity index (χ2v) is 13.9. The maximum Gasteiger partial charge on any atom is 0.244 e. The van der Waals surface area contributed by atoms with Crippen molar-refractivity contribution in [3.05, 3.63) is 93.4 Å². The molecule has 1 atom stereocenters. The van der Waals surface area contributed by atoms with E-state index in [9.17, 15) is 18.0 Å². The Kier molecular flexibility index (Phi) is 10.9. The molecule has 0 radical (unpaired) electrons. The number of carbonyl (C=O) groups excluding carboxylic acids is 2. The third-order valence-electron chi connectivity index (χ3n) is 6.11. The first kappa shape index (κ1) is 32.4. The fourth-order valence-electron chi connectivity index (χ4n) is 4.26. The number of anilines is 1. The second kappa shape index (κ2) is 13.7. The Morgan fingerprint density at radius 3 is 2.22 bits per heavy atom. The molecule has 2 amide bonds. The van der Waals surface area contributed by atoms with E-state index in [-0.39, 0.29) is 29.6 Å². The van der Waals surface area contributed by atoms with Gasteiger partial charge in [0.1, 0.15) is 18.3 Å². The Morgan fingerprint density at radius 1 is 1.00 bits per heavy atom. The molecule has 0 saturated heterocycles. The van der Waals surface area contributed by atoms with Gasteiger partial charge in [0, 0.05) is 23.0 Å². The van der Waals surface area contributed by atoms with Crippen LogP contribution in [-0.4, -0.2) is 56.6 Å². The van der Waals surface area contributed by atoms with E-state index in [0.717, 1.165) is 26.2 Å². The van der Waals surface area contributed by atoms with Gasteiger partial charge in [0.2, 0.25) is 21.8 Å². The van der Waals surface area contributed by atoms with Crippen molar-refractivity contribution in [1.82, 2.24) is 10.2 Å². The lowest BCUT2D eigenvalue weighted by molar-refractivity contribution is -0.140. The second-order valence-electron chi connectivity index (χ2n) is 10.7. The molecule has 0 fully saturated rings. The van der Waals surface area contributed by atoms with Gasteiger partial charge < -0.3 is 15.0 Å². The predicted octanol–water partition coefficient (Wildman–Crippen LogP) is 5.43. The zero-order valence-corrected chi connectivity index (χ0v) is 26.9. The molecule has 0 heterocycles. The van der Waals surface area contributed by atoms with Gasteiger partial charge in [0.25, 0.3) is 0 Å². The van der Waals surface area contributed by atoms with Crippen molar-refractivity contribution in [2.24, 2.45) is 0 Å². The van der Waals surface area contributed by atoms with Crippen LogP contribution in [0.15, 0.2) is 77.3 Å². The summed E-state index contributed by atoms with van der Waals surface area (Å²) in [6, 6.07) is 20.4. The number of ether oxygens (including phenoxy) is 1. The molecule has 0 bridgehead atoms. The molecular formula is C30H35BrClN3O5S. The molecule has 11 heteroatoms. The van der Waals surface area contributed by atoms with E-state index >= 15 is 0 Å². The third kappa shape index (κ3) is 9.48. The van der Waals surface area contributed by atoms with Crippen molar-refractivity contribution >= 4 is 55.1 Å². The monoisotopic (exact) mass is 663 g/mol. The molecule has 0 aliphatic carbocycles.